The van der Waals surface area contributed by atoms with E-state index in [9.17, 15) is 4.79 Å². The Morgan fingerprint density at radius 3 is 2.56 bits per heavy atom. The second kappa shape index (κ2) is 7.71. The first-order chi connectivity index (χ1) is 8.67. The van der Waals surface area contributed by atoms with Gasteiger partial charge in [-0.1, -0.05) is 19.1 Å². The molecule has 4 nitrogen and oxygen atoms in total. The summed E-state index contributed by atoms with van der Waals surface area (Å²) in [5.41, 5.74) is 1.06. The lowest BCUT2D eigenvalue weighted by Crippen LogP contribution is -2.42. The van der Waals surface area contributed by atoms with E-state index in [1.54, 1.807) is 7.11 Å². The van der Waals surface area contributed by atoms with Crippen LogP contribution in [0.25, 0.3) is 0 Å². The van der Waals surface area contributed by atoms with Gasteiger partial charge in [0.05, 0.1) is 13.2 Å². The summed E-state index contributed by atoms with van der Waals surface area (Å²) in [6, 6.07) is 7.52. The fourth-order valence-corrected chi connectivity index (χ4v) is 1.54. The van der Waals surface area contributed by atoms with Gasteiger partial charge in [-0.3, -0.25) is 4.79 Å². The molecule has 0 spiro atoms. The highest BCUT2D eigenvalue weighted by atomic mass is 16.5. The van der Waals surface area contributed by atoms with Crippen molar-refractivity contribution in [2.45, 2.75) is 32.9 Å². The number of carbonyl (C=O) groups is 1. The Bertz CT molecular complexity index is 363. The molecule has 0 bridgehead atoms. The van der Waals surface area contributed by atoms with Crippen molar-refractivity contribution in [3.05, 3.63) is 29.8 Å². The third-order valence-electron chi connectivity index (χ3n) is 2.72. The molecule has 0 fully saturated rings. The number of ether oxygens (including phenoxy) is 1. The Balaban J connectivity index is 2.37. The Morgan fingerprint density at radius 1 is 1.33 bits per heavy atom. The van der Waals surface area contributed by atoms with Gasteiger partial charge in [-0.05, 0) is 37.6 Å². The number of hydrogen-bond acceptors (Lipinski definition) is 3. The van der Waals surface area contributed by atoms with Gasteiger partial charge < -0.3 is 15.4 Å². The van der Waals surface area contributed by atoms with Crippen molar-refractivity contribution < 1.29 is 9.53 Å². The summed E-state index contributed by atoms with van der Waals surface area (Å²) < 4.78 is 5.08. The van der Waals surface area contributed by atoms with Crippen LogP contribution < -0.4 is 15.4 Å². The van der Waals surface area contributed by atoms with E-state index in [2.05, 4.69) is 17.6 Å². The van der Waals surface area contributed by atoms with E-state index in [4.69, 9.17) is 4.74 Å². The van der Waals surface area contributed by atoms with Crippen LogP contribution in [0, 0.1) is 0 Å². The molecule has 18 heavy (non-hydrogen) atoms. The third-order valence-corrected chi connectivity index (χ3v) is 2.72. The molecule has 1 atom stereocenters. The minimum atomic E-state index is -0.150. The maximum Gasteiger partial charge on any atom is 0.237 e. The Labute approximate surface area is 109 Å². The van der Waals surface area contributed by atoms with E-state index in [0.717, 1.165) is 24.3 Å². The van der Waals surface area contributed by atoms with Gasteiger partial charge in [0.1, 0.15) is 5.75 Å². The zero-order valence-corrected chi connectivity index (χ0v) is 11.3. The minimum Gasteiger partial charge on any atom is -0.497 e. The van der Waals surface area contributed by atoms with Crippen molar-refractivity contribution in [2.75, 3.05) is 13.7 Å². The third kappa shape index (κ3) is 4.75. The molecule has 0 saturated carbocycles. The average molecular weight is 250 g/mol. The maximum absolute atomic E-state index is 11.7. The number of nitrogens with one attached hydrogen (secondary N) is 2. The Kier molecular flexibility index (Phi) is 6.22. The second-order valence-corrected chi connectivity index (χ2v) is 4.24. The molecule has 1 rings (SSSR count). The fourth-order valence-electron chi connectivity index (χ4n) is 1.54. The largest absolute Gasteiger partial charge is 0.497 e. The van der Waals surface area contributed by atoms with Crippen molar-refractivity contribution in [2.24, 2.45) is 0 Å². The standard InChI is InChI=1S/C14H22N2O2/c1-4-9-15-11(2)14(17)16-10-12-5-7-13(18-3)8-6-12/h5-8,11,15H,4,9-10H2,1-3H3,(H,16,17). The van der Waals surface area contributed by atoms with Crippen molar-refractivity contribution in [3.8, 4) is 5.75 Å². The van der Waals surface area contributed by atoms with Crippen LogP contribution in [0.5, 0.6) is 5.75 Å². The van der Waals surface area contributed by atoms with Crippen LogP contribution in [-0.4, -0.2) is 25.6 Å². The highest BCUT2D eigenvalue weighted by molar-refractivity contribution is 5.81. The number of methoxy groups -OCH3 is 1. The summed E-state index contributed by atoms with van der Waals surface area (Å²) in [6.45, 7) is 5.35. The van der Waals surface area contributed by atoms with Gasteiger partial charge in [-0.25, -0.2) is 0 Å². The normalized spacial score (nSPS) is 11.9. The molecule has 2 N–H and O–H groups in total. The molecule has 4 heteroatoms. The molecular formula is C14H22N2O2. The molecule has 0 radical (unpaired) electrons. The van der Waals surface area contributed by atoms with Crippen molar-refractivity contribution in [1.29, 1.82) is 0 Å². The van der Waals surface area contributed by atoms with E-state index < -0.39 is 0 Å². The molecule has 0 aromatic heterocycles. The molecule has 0 saturated heterocycles. The second-order valence-electron chi connectivity index (χ2n) is 4.24. The van der Waals surface area contributed by atoms with Crippen molar-refractivity contribution in [3.63, 3.8) is 0 Å². The van der Waals surface area contributed by atoms with Gasteiger partial charge in [-0.2, -0.15) is 0 Å². The van der Waals surface area contributed by atoms with Crippen LogP contribution >= 0.6 is 0 Å². The Morgan fingerprint density at radius 2 is 2.00 bits per heavy atom. The molecule has 1 amide bonds. The van der Waals surface area contributed by atoms with Gasteiger partial charge in [0.2, 0.25) is 5.91 Å². The maximum atomic E-state index is 11.7. The Hall–Kier alpha value is -1.55. The smallest absolute Gasteiger partial charge is 0.237 e. The zero-order valence-electron chi connectivity index (χ0n) is 11.3. The van der Waals surface area contributed by atoms with Gasteiger partial charge >= 0.3 is 0 Å². The molecule has 0 aliphatic rings. The highest BCUT2D eigenvalue weighted by Crippen LogP contribution is 2.10. The topological polar surface area (TPSA) is 50.4 Å². The molecule has 0 aliphatic heterocycles. The summed E-state index contributed by atoms with van der Waals surface area (Å²) in [6.07, 6.45) is 1.02. The number of rotatable bonds is 7. The summed E-state index contributed by atoms with van der Waals surface area (Å²) in [4.78, 5) is 11.7. The average Bonchev–Trinajstić information content (AvgIpc) is 2.42. The number of benzene rings is 1. The van der Waals surface area contributed by atoms with Crippen LogP contribution in [0.3, 0.4) is 0 Å². The molecule has 0 aliphatic carbocycles. The minimum absolute atomic E-state index is 0.0271. The highest BCUT2D eigenvalue weighted by Gasteiger charge is 2.10. The summed E-state index contributed by atoms with van der Waals surface area (Å²) in [5.74, 6) is 0.849. The molecule has 0 heterocycles. The van der Waals surface area contributed by atoms with Crippen LogP contribution in [0.15, 0.2) is 24.3 Å². The SMILES string of the molecule is CCCNC(C)C(=O)NCc1ccc(OC)cc1. The lowest BCUT2D eigenvalue weighted by Gasteiger charge is -2.13. The summed E-state index contributed by atoms with van der Waals surface area (Å²) >= 11 is 0. The molecular weight excluding hydrogens is 228 g/mol. The van der Waals surface area contributed by atoms with E-state index in [0.29, 0.717) is 6.54 Å². The summed E-state index contributed by atoms with van der Waals surface area (Å²) in [7, 11) is 1.64. The predicted molar refractivity (Wildman–Crippen MR) is 72.6 cm³/mol. The lowest BCUT2D eigenvalue weighted by atomic mass is 10.2. The predicted octanol–water partition coefficient (Wildman–Crippen LogP) is 1.70. The van der Waals surface area contributed by atoms with Crippen LogP contribution in [0.4, 0.5) is 0 Å². The van der Waals surface area contributed by atoms with E-state index in [1.165, 1.54) is 0 Å². The number of hydrogen-bond donors (Lipinski definition) is 2. The first kappa shape index (κ1) is 14.5. The van der Waals surface area contributed by atoms with Crippen LogP contribution in [0.1, 0.15) is 25.8 Å². The van der Waals surface area contributed by atoms with Gasteiger partial charge in [0.15, 0.2) is 0 Å². The molecule has 1 unspecified atom stereocenters. The summed E-state index contributed by atoms with van der Waals surface area (Å²) in [5, 5.41) is 6.06. The van der Waals surface area contributed by atoms with Gasteiger partial charge in [0, 0.05) is 6.54 Å². The first-order valence-corrected chi connectivity index (χ1v) is 6.31. The van der Waals surface area contributed by atoms with Gasteiger partial charge in [0.25, 0.3) is 0 Å². The molecule has 100 valence electrons. The molecule has 1 aromatic carbocycles. The van der Waals surface area contributed by atoms with E-state index in [1.807, 2.05) is 31.2 Å². The quantitative estimate of drug-likeness (QED) is 0.774. The zero-order chi connectivity index (χ0) is 13.4. The number of carbonyl (C=O) groups excluding carboxylic acids is 1. The van der Waals surface area contributed by atoms with E-state index >= 15 is 0 Å². The monoisotopic (exact) mass is 250 g/mol. The fraction of sp³-hybridized carbons (Fsp3) is 0.500. The van der Waals surface area contributed by atoms with E-state index in [-0.39, 0.29) is 11.9 Å². The van der Waals surface area contributed by atoms with Crippen LogP contribution in [-0.2, 0) is 11.3 Å². The van der Waals surface area contributed by atoms with Crippen molar-refractivity contribution in [1.82, 2.24) is 10.6 Å². The molecule has 1 aromatic rings. The van der Waals surface area contributed by atoms with Gasteiger partial charge in [-0.15, -0.1) is 0 Å². The lowest BCUT2D eigenvalue weighted by molar-refractivity contribution is -0.122. The van der Waals surface area contributed by atoms with Crippen molar-refractivity contribution >= 4 is 5.91 Å². The first-order valence-electron chi connectivity index (χ1n) is 6.31. The number of amides is 1. The van der Waals surface area contributed by atoms with Crippen LogP contribution in [0.2, 0.25) is 0 Å².